The third-order valence-corrected chi connectivity index (χ3v) is 25.0. The van der Waals surface area contributed by atoms with Crippen LogP contribution in [0.2, 0.25) is 0 Å². The quantitative estimate of drug-likeness (QED) is 0.141. The molecule has 109 heavy (non-hydrogen) atoms. The van der Waals surface area contributed by atoms with Gasteiger partial charge < -0.3 is 60.0 Å². The van der Waals surface area contributed by atoms with Gasteiger partial charge in [0.1, 0.15) is 72.1 Å². The van der Waals surface area contributed by atoms with Gasteiger partial charge in [-0.15, -0.1) is 0 Å². The zero-order chi connectivity index (χ0) is 80.1. The molecular formula is C75H110F10N12O12. The molecule has 5 aliphatic carbocycles. The van der Waals surface area contributed by atoms with Gasteiger partial charge in [0.05, 0.1) is 32.0 Å². The monoisotopic (exact) mass is 1560 g/mol. The van der Waals surface area contributed by atoms with Crippen LogP contribution in [0.15, 0.2) is 12.2 Å². The molecule has 9 aliphatic rings. The third-order valence-electron chi connectivity index (χ3n) is 25.0. The number of hydrogen-bond donors (Lipinski definition) is 3. The highest BCUT2D eigenvalue weighted by Crippen LogP contribution is 2.46. The average molecular weight is 1560 g/mol. The molecule has 5 saturated carbocycles. The number of fused-ring (bicyclic) bond motifs is 3. The van der Waals surface area contributed by atoms with Gasteiger partial charge in [0, 0.05) is 68.3 Å². The van der Waals surface area contributed by atoms with Crippen LogP contribution < -0.4 is 16.0 Å². The van der Waals surface area contributed by atoms with E-state index in [4.69, 9.17) is 0 Å². The van der Waals surface area contributed by atoms with Crippen LogP contribution >= 0.6 is 0 Å². The van der Waals surface area contributed by atoms with Crippen LogP contribution in [0, 0.1) is 41.4 Å². The van der Waals surface area contributed by atoms with E-state index in [1.807, 2.05) is 0 Å². The number of halogens is 10. The van der Waals surface area contributed by atoms with Crippen molar-refractivity contribution in [3.63, 3.8) is 0 Å². The molecule has 11 atom stereocenters. The van der Waals surface area contributed by atoms with E-state index in [2.05, 4.69) is 16.0 Å². The van der Waals surface area contributed by atoms with Gasteiger partial charge in [-0.2, -0.15) is 26.3 Å². The van der Waals surface area contributed by atoms with Gasteiger partial charge in [-0.05, 0) is 152 Å². The summed E-state index contributed by atoms with van der Waals surface area (Å²) >= 11 is 0. The van der Waals surface area contributed by atoms with E-state index in [0.717, 1.165) is 44.4 Å². The maximum Gasteiger partial charge on any atom is 0.397 e. The van der Waals surface area contributed by atoms with Crippen molar-refractivity contribution in [2.24, 2.45) is 41.4 Å². The van der Waals surface area contributed by atoms with Crippen molar-refractivity contribution in [1.29, 1.82) is 0 Å². The van der Waals surface area contributed by atoms with Crippen LogP contribution in [-0.2, 0) is 57.5 Å². The van der Waals surface area contributed by atoms with Crippen LogP contribution in [-0.4, -0.2) is 281 Å². The van der Waals surface area contributed by atoms with Crippen molar-refractivity contribution in [1.82, 2.24) is 60.0 Å². The summed E-state index contributed by atoms with van der Waals surface area (Å²) < 4.78 is 147. The minimum atomic E-state index is -5.28. The number of likely N-dealkylation sites (N-methyl/N-ethyl adjacent to an activating group) is 6. The fourth-order valence-corrected chi connectivity index (χ4v) is 17.7. The number of hydrogen-bond acceptors (Lipinski definition) is 12. The van der Waals surface area contributed by atoms with Gasteiger partial charge in [-0.3, -0.25) is 57.5 Å². The molecule has 24 nitrogen and oxygen atoms in total. The fraction of sp³-hybridized carbons (Fsp3) is 0.813. The van der Waals surface area contributed by atoms with E-state index >= 15 is 46.3 Å². The molecule has 12 amide bonds. The number of amides is 12. The zero-order valence-electron chi connectivity index (χ0n) is 63.8. The molecule has 4 aliphatic heterocycles. The molecule has 3 saturated heterocycles. The maximum absolute atomic E-state index is 16.2. The Bertz CT molecular complexity index is 3350. The molecule has 612 valence electrons. The SMILES string of the molecule is CC[C@H](C)[C@@H]1NC(=O)[C@H](CC2CC2)N(C)C(=O)C[C@@H](C(=O)N2CCCC2)N(C)C(=O)[C@H](C2CCCC2)N(C)C(=O)C2(CCC2)NC(=O)[C@@H]2CC(F)(F)CN2C(=O)[C@H](CCC2CC(F)C(C(F)(F)F)C(F)C2)NC(=O)CN(C)C(=O)[C@H](CC2CCC(C(F)(F)F)CC2)N2CC/C=C\C[C@@H](C2=O)N(C)C(=O)CN(C)C1=O. The van der Waals surface area contributed by atoms with Gasteiger partial charge in [-0.1, -0.05) is 58.1 Å². The summed E-state index contributed by atoms with van der Waals surface area (Å²) in [5.41, 5.74) is -1.89. The average Bonchev–Trinajstić information content (AvgIpc) is 1.55. The first-order chi connectivity index (χ1) is 51.2. The number of carbonyl (C=O) groups excluding carboxylic acids is 12. The second kappa shape index (κ2) is 35.6. The predicted molar refractivity (Wildman–Crippen MR) is 376 cm³/mol. The Labute approximate surface area is 630 Å². The van der Waals surface area contributed by atoms with Crippen molar-refractivity contribution < 1.29 is 101 Å². The van der Waals surface area contributed by atoms with Gasteiger partial charge in [0.15, 0.2) is 0 Å². The molecule has 0 aromatic rings. The Morgan fingerprint density at radius 1 is 0.587 bits per heavy atom. The number of alkyl halides is 10. The van der Waals surface area contributed by atoms with Gasteiger partial charge in [0.2, 0.25) is 70.9 Å². The van der Waals surface area contributed by atoms with Gasteiger partial charge in [0.25, 0.3) is 5.92 Å². The summed E-state index contributed by atoms with van der Waals surface area (Å²) in [4.78, 5) is 191. The lowest BCUT2D eigenvalue weighted by molar-refractivity contribution is -0.219. The number of nitrogens with one attached hydrogen (secondary N) is 3. The molecular weight excluding hydrogens is 1450 g/mol. The lowest BCUT2D eigenvalue weighted by Crippen LogP contribution is -2.68. The summed E-state index contributed by atoms with van der Waals surface area (Å²) in [6, 6.07) is -12.5. The molecule has 3 N–H and O–H groups in total. The lowest BCUT2D eigenvalue weighted by Gasteiger charge is -2.46. The molecule has 9 rings (SSSR count). The van der Waals surface area contributed by atoms with Crippen LogP contribution in [0.4, 0.5) is 43.9 Å². The second-order valence-electron chi connectivity index (χ2n) is 32.7. The minimum absolute atomic E-state index is 0.0153. The smallest absolute Gasteiger partial charge is 0.343 e. The van der Waals surface area contributed by atoms with Crippen molar-refractivity contribution in [3.05, 3.63) is 12.2 Å². The maximum atomic E-state index is 16.2. The van der Waals surface area contributed by atoms with E-state index in [-0.39, 0.29) is 76.7 Å². The largest absolute Gasteiger partial charge is 0.397 e. The first-order valence-electron chi connectivity index (χ1n) is 39.0. The molecule has 2 bridgehead atoms. The zero-order valence-corrected chi connectivity index (χ0v) is 63.8. The van der Waals surface area contributed by atoms with Crippen molar-refractivity contribution >= 4 is 70.9 Å². The molecule has 34 heteroatoms. The Morgan fingerprint density at radius 2 is 1.18 bits per heavy atom. The molecule has 4 heterocycles. The first kappa shape index (κ1) is 85.7. The van der Waals surface area contributed by atoms with Gasteiger partial charge in [-0.25, -0.2) is 17.6 Å². The molecule has 8 fully saturated rings. The Kier molecular flexibility index (Phi) is 28.0. The van der Waals surface area contributed by atoms with Crippen LogP contribution in [0.3, 0.4) is 0 Å². The van der Waals surface area contributed by atoms with Crippen molar-refractivity contribution in [2.75, 3.05) is 81.6 Å². The van der Waals surface area contributed by atoms with Crippen LogP contribution in [0.5, 0.6) is 0 Å². The highest BCUT2D eigenvalue weighted by molar-refractivity contribution is 6.01. The van der Waals surface area contributed by atoms with E-state index < -0.39 is 249 Å². The number of nitrogens with zero attached hydrogens (tertiary/aromatic N) is 9. The lowest BCUT2D eigenvalue weighted by atomic mass is 9.74. The predicted octanol–water partition coefficient (Wildman–Crippen LogP) is 6.87. The molecule has 0 radical (unpaired) electrons. The Morgan fingerprint density at radius 3 is 1.75 bits per heavy atom. The molecule has 0 aromatic carbocycles. The second-order valence-corrected chi connectivity index (χ2v) is 32.7. The summed E-state index contributed by atoms with van der Waals surface area (Å²) in [7, 11) is 7.81. The Hall–Kier alpha value is -7.32. The van der Waals surface area contributed by atoms with Crippen molar-refractivity contribution in [2.45, 2.75) is 265 Å². The molecule has 1 spiro atoms. The first-order valence-corrected chi connectivity index (χ1v) is 39.0. The van der Waals surface area contributed by atoms with E-state index in [0.29, 0.717) is 69.4 Å². The highest BCUT2D eigenvalue weighted by atomic mass is 19.4. The topological polar surface area (TPSA) is 270 Å². The van der Waals surface area contributed by atoms with E-state index in [1.54, 1.807) is 26.0 Å². The number of carbonyl (C=O) groups is 12. The summed E-state index contributed by atoms with van der Waals surface area (Å²) in [6.07, 6.45) is -12.6. The standard InChI is InChI=1S/C75H110F10N12O12/c1-9-43(2)61-69(107)90(4)41-59(100)91(5)52-20-11-10-14-33-96(68(52)106)55(37-45-23-26-48(27-24-45)74(80,81)82)66(104)89(3)40-57(98)86-51(28-25-46-34-49(76)60(50(77)35-46)75(83,84)85)65(103)97-42-73(78,79)39-56(97)64(102)88-72(29-17-30-72)71(109)94(8)62(47-18-12-13-19-47)70(108)93(7)54(67(105)95-31-15-16-32-95)38-58(99)92(6)53(63(101)87-61)36-44-21-22-44/h10-11,43-56,60-62H,9,12-42H2,1-8H3,(H,86,98)(H,87,101)(H,88,102)/b11-10-/t43-,45?,46?,48?,49?,50?,51-,52-,53-,54-,55-,56-,60?,61-,62-/m0/s1. The summed E-state index contributed by atoms with van der Waals surface area (Å²) in [5.74, 6) is -22.2. The fourth-order valence-electron chi connectivity index (χ4n) is 17.7. The Balaban J connectivity index is 1.10. The number of rotatable bonds is 11. The highest BCUT2D eigenvalue weighted by Gasteiger charge is 2.58. The van der Waals surface area contributed by atoms with Crippen LogP contribution in [0.1, 0.15) is 181 Å². The van der Waals surface area contributed by atoms with Gasteiger partial charge >= 0.3 is 12.4 Å². The summed E-state index contributed by atoms with van der Waals surface area (Å²) in [5, 5.41) is 7.94. The van der Waals surface area contributed by atoms with Crippen LogP contribution in [0.25, 0.3) is 0 Å². The molecule has 0 aromatic heterocycles. The summed E-state index contributed by atoms with van der Waals surface area (Å²) in [6.45, 7) is 0.713. The van der Waals surface area contributed by atoms with Crippen molar-refractivity contribution in [3.8, 4) is 0 Å². The number of likely N-dealkylation sites (tertiary alicyclic amines) is 1. The molecule has 2 unspecified atom stereocenters. The normalized spacial score (nSPS) is 33.0. The van der Waals surface area contributed by atoms with E-state index in [9.17, 15) is 55.1 Å². The third kappa shape index (κ3) is 20.3. The van der Waals surface area contributed by atoms with E-state index in [1.165, 1.54) is 49.9 Å². The minimum Gasteiger partial charge on any atom is -0.343 e.